The van der Waals surface area contributed by atoms with Gasteiger partial charge in [0.15, 0.2) is 5.82 Å². The Hall–Kier alpha value is -2.31. The van der Waals surface area contributed by atoms with Crippen LogP contribution in [-0.4, -0.2) is 9.55 Å². The SMILES string of the molecule is Nc1nccn(-c2ccc(C(F)(F)F)cc2)c1=O. The molecular formula is C11H8F3N3O. The monoisotopic (exact) mass is 255 g/mol. The summed E-state index contributed by atoms with van der Waals surface area (Å²) in [5.41, 5.74) is 4.28. The minimum Gasteiger partial charge on any atom is -0.379 e. The standard InChI is InChI=1S/C11H8F3N3O/c12-11(13,14)7-1-3-8(4-2-7)17-6-5-16-9(15)10(17)18/h1-6H,(H2,15,16). The van der Waals surface area contributed by atoms with Gasteiger partial charge in [-0.25, -0.2) is 4.98 Å². The number of aromatic nitrogens is 2. The van der Waals surface area contributed by atoms with Crippen molar-refractivity contribution in [1.82, 2.24) is 9.55 Å². The number of alkyl halides is 3. The van der Waals surface area contributed by atoms with E-state index in [1.165, 1.54) is 24.5 Å². The molecule has 0 amide bonds. The van der Waals surface area contributed by atoms with Crippen LogP contribution in [0.3, 0.4) is 0 Å². The van der Waals surface area contributed by atoms with E-state index in [4.69, 9.17) is 5.73 Å². The van der Waals surface area contributed by atoms with E-state index in [-0.39, 0.29) is 5.82 Å². The van der Waals surface area contributed by atoms with Crippen molar-refractivity contribution in [1.29, 1.82) is 0 Å². The highest BCUT2D eigenvalue weighted by Gasteiger charge is 2.30. The van der Waals surface area contributed by atoms with Crippen LogP contribution in [0.2, 0.25) is 0 Å². The fraction of sp³-hybridized carbons (Fsp3) is 0.0909. The number of halogens is 3. The molecule has 2 rings (SSSR count). The van der Waals surface area contributed by atoms with Crippen LogP contribution in [0.5, 0.6) is 0 Å². The lowest BCUT2D eigenvalue weighted by Crippen LogP contribution is -2.22. The quantitative estimate of drug-likeness (QED) is 0.845. The largest absolute Gasteiger partial charge is 0.416 e. The number of nitrogens with two attached hydrogens (primary N) is 1. The van der Waals surface area contributed by atoms with E-state index in [1.54, 1.807) is 0 Å². The summed E-state index contributed by atoms with van der Waals surface area (Å²) in [6, 6.07) is 4.20. The zero-order valence-corrected chi connectivity index (χ0v) is 8.98. The predicted octanol–water partition coefficient (Wildman–Crippen LogP) is 1.83. The van der Waals surface area contributed by atoms with Crippen LogP contribution in [0.4, 0.5) is 19.0 Å². The number of nitrogens with zero attached hydrogens (tertiary/aromatic N) is 2. The Balaban J connectivity index is 2.47. The first kappa shape index (κ1) is 12.2. The third-order valence-electron chi connectivity index (χ3n) is 2.34. The Labute approximate surface area is 99.5 Å². The normalized spacial score (nSPS) is 11.5. The first-order valence-corrected chi connectivity index (χ1v) is 4.90. The Morgan fingerprint density at radius 3 is 2.33 bits per heavy atom. The third kappa shape index (κ3) is 2.20. The minimum absolute atomic E-state index is 0.211. The fourth-order valence-electron chi connectivity index (χ4n) is 1.44. The van der Waals surface area contributed by atoms with E-state index in [0.29, 0.717) is 5.69 Å². The number of benzene rings is 1. The van der Waals surface area contributed by atoms with Crippen molar-refractivity contribution in [2.24, 2.45) is 0 Å². The van der Waals surface area contributed by atoms with Crippen molar-refractivity contribution in [2.75, 3.05) is 5.73 Å². The van der Waals surface area contributed by atoms with Crippen molar-refractivity contribution in [2.45, 2.75) is 6.18 Å². The lowest BCUT2D eigenvalue weighted by molar-refractivity contribution is -0.137. The molecule has 2 N–H and O–H groups in total. The van der Waals surface area contributed by atoms with Crippen LogP contribution in [-0.2, 0) is 6.18 Å². The number of nitrogen functional groups attached to an aromatic ring is 1. The first-order chi connectivity index (χ1) is 8.39. The molecule has 0 saturated carbocycles. The summed E-state index contributed by atoms with van der Waals surface area (Å²) in [6.45, 7) is 0. The molecule has 7 heteroatoms. The van der Waals surface area contributed by atoms with Gasteiger partial charge < -0.3 is 5.73 Å². The van der Waals surface area contributed by atoms with Gasteiger partial charge >= 0.3 is 6.18 Å². The molecule has 0 atom stereocenters. The van der Waals surface area contributed by atoms with Gasteiger partial charge in [0.25, 0.3) is 5.56 Å². The van der Waals surface area contributed by atoms with Crippen LogP contribution < -0.4 is 11.3 Å². The van der Waals surface area contributed by atoms with Crippen LogP contribution >= 0.6 is 0 Å². The fourth-order valence-corrected chi connectivity index (χ4v) is 1.44. The van der Waals surface area contributed by atoms with E-state index in [2.05, 4.69) is 4.98 Å². The number of rotatable bonds is 1. The van der Waals surface area contributed by atoms with Crippen LogP contribution in [0, 0.1) is 0 Å². The Morgan fingerprint density at radius 1 is 1.17 bits per heavy atom. The zero-order valence-electron chi connectivity index (χ0n) is 8.98. The summed E-state index contributed by atoms with van der Waals surface area (Å²) < 4.78 is 38.2. The van der Waals surface area contributed by atoms with Gasteiger partial charge in [-0.05, 0) is 24.3 Å². The second-order valence-corrected chi connectivity index (χ2v) is 3.53. The molecule has 0 unspecified atom stereocenters. The molecule has 18 heavy (non-hydrogen) atoms. The Bertz CT molecular complexity index is 617. The smallest absolute Gasteiger partial charge is 0.379 e. The topological polar surface area (TPSA) is 60.9 Å². The van der Waals surface area contributed by atoms with Gasteiger partial charge in [-0.15, -0.1) is 0 Å². The summed E-state index contributed by atoms with van der Waals surface area (Å²) in [4.78, 5) is 15.2. The molecular weight excluding hydrogens is 247 g/mol. The maximum absolute atomic E-state index is 12.4. The zero-order chi connectivity index (χ0) is 13.3. The summed E-state index contributed by atoms with van der Waals surface area (Å²) in [5, 5.41) is 0. The van der Waals surface area contributed by atoms with Crippen molar-refractivity contribution >= 4 is 5.82 Å². The van der Waals surface area contributed by atoms with E-state index in [9.17, 15) is 18.0 Å². The van der Waals surface area contributed by atoms with Gasteiger partial charge in [-0.2, -0.15) is 13.2 Å². The predicted molar refractivity (Wildman–Crippen MR) is 59.2 cm³/mol. The lowest BCUT2D eigenvalue weighted by Gasteiger charge is -2.09. The highest BCUT2D eigenvalue weighted by atomic mass is 19.4. The van der Waals surface area contributed by atoms with Crippen LogP contribution in [0.15, 0.2) is 41.5 Å². The summed E-state index contributed by atoms with van der Waals surface area (Å²) >= 11 is 0. The van der Waals surface area contributed by atoms with Gasteiger partial charge in [0.2, 0.25) is 0 Å². The van der Waals surface area contributed by atoms with E-state index < -0.39 is 17.3 Å². The van der Waals surface area contributed by atoms with Crippen molar-refractivity contribution in [3.63, 3.8) is 0 Å². The van der Waals surface area contributed by atoms with E-state index >= 15 is 0 Å². The van der Waals surface area contributed by atoms with E-state index in [0.717, 1.165) is 16.7 Å². The molecule has 0 spiro atoms. The average Bonchev–Trinajstić information content (AvgIpc) is 2.32. The molecule has 1 aromatic carbocycles. The molecule has 1 heterocycles. The van der Waals surface area contributed by atoms with Crippen LogP contribution in [0.1, 0.15) is 5.56 Å². The molecule has 2 aromatic rings. The molecule has 0 aliphatic heterocycles. The third-order valence-corrected chi connectivity index (χ3v) is 2.34. The molecule has 0 aliphatic rings. The van der Waals surface area contributed by atoms with Gasteiger partial charge in [-0.3, -0.25) is 9.36 Å². The molecule has 94 valence electrons. The average molecular weight is 255 g/mol. The summed E-state index contributed by atoms with van der Waals surface area (Å²) in [7, 11) is 0. The van der Waals surface area contributed by atoms with Gasteiger partial charge in [-0.1, -0.05) is 0 Å². The van der Waals surface area contributed by atoms with Crippen molar-refractivity contribution in [3.05, 3.63) is 52.6 Å². The number of anilines is 1. The molecule has 0 radical (unpaired) electrons. The van der Waals surface area contributed by atoms with E-state index in [1.807, 2.05) is 0 Å². The molecule has 0 bridgehead atoms. The minimum atomic E-state index is -4.40. The lowest BCUT2D eigenvalue weighted by atomic mass is 10.2. The van der Waals surface area contributed by atoms with Gasteiger partial charge in [0, 0.05) is 18.1 Å². The highest BCUT2D eigenvalue weighted by Crippen LogP contribution is 2.29. The second kappa shape index (κ2) is 4.17. The number of hydrogen-bond acceptors (Lipinski definition) is 3. The highest BCUT2D eigenvalue weighted by molar-refractivity contribution is 5.38. The number of hydrogen-bond donors (Lipinski definition) is 1. The molecule has 0 aliphatic carbocycles. The summed E-state index contributed by atoms with van der Waals surface area (Å²) in [5.74, 6) is -0.211. The molecule has 1 aromatic heterocycles. The molecule has 4 nitrogen and oxygen atoms in total. The maximum atomic E-state index is 12.4. The van der Waals surface area contributed by atoms with Gasteiger partial charge in [0.05, 0.1) is 5.56 Å². The van der Waals surface area contributed by atoms with Crippen molar-refractivity contribution < 1.29 is 13.2 Å². The molecule has 0 fully saturated rings. The Kier molecular flexibility index (Phi) is 2.82. The van der Waals surface area contributed by atoms with Crippen molar-refractivity contribution in [3.8, 4) is 5.69 Å². The van der Waals surface area contributed by atoms with Gasteiger partial charge in [0.1, 0.15) is 0 Å². The van der Waals surface area contributed by atoms with Crippen LogP contribution in [0.25, 0.3) is 5.69 Å². The molecule has 0 saturated heterocycles. The first-order valence-electron chi connectivity index (χ1n) is 4.90. The summed E-state index contributed by atoms with van der Waals surface area (Å²) in [6.07, 6.45) is -1.77. The second-order valence-electron chi connectivity index (χ2n) is 3.53. The maximum Gasteiger partial charge on any atom is 0.416 e. The Morgan fingerprint density at radius 2 is 1.78 bits per heavy atom.